The average molecular weight is 357 g/mol. The molecule has 3 N–H and O–H groups in total. The van der Waals surface area contributed by atoms with E-state index in [1.165, 1.54) is 83.5 Å². The maximum Gasteiger partial charge on any atom is 0.404 e. The highest BCUT2D eigenvalue weighted by molar-refractivity contribution is 5.64. The van der Waals surface area contributed by atoms with E-state index in [0.717, 1.165) is 19.4 Å². The Morgan fingerprint density at radius 3 is 1.76 bits per heavy atom. The van der Waals surface area contributed by atoms with E-state index in [0.29, 0.717) is 12.6 Å². The fourth-order valence-electron chi connectivity index (χ4n) is 3.19. The standard InChI is InChI=1S/C21H44N2O2/c1-3-4-5-6-7-8-9-10-11-12-13-14-17-20(2)22-18-15-16-19-23-21(24)25/h20,22-23H,3-19H2,1-2H3,(H,24,25). The minimum Gasteiger partial charge on any atom is -0.465 e. The molecule has 0 saturated carbocycles. The van der Waals surface area contributed by atoms with Crippen LogP contribution >= 0.6 is 0 Å². The van der Waals surface area contributed by atoms with Crippen molar-refractivity contribution in [2.24, 2.45) is 0 Å². The quantitative estimate of drug-likeness (QED) is 0.245. The molecule has 4 heteroatoms. The predicted octanol–water partition coefficient (Wildman–Crippen LogP) is 6.10. The lowest BCUT2D eigenvalue weighted by atomic mass is 10.0. The normalized spacial score (nSPS) is 12.2. The molecule has 0 aliphatic rings. The summed E-state index contributed by atoms with van der Waals surface area (Å²) in [4.78, 5) is 10.3. The van der Waals surface area contributed by atoms with Gasteiger partial charge in [0.05, 0.1) is 0 Å². The molecule has 0 bridgehead atoms. The van der Waals surface area contributed by atoms with Crippen LogP contribution in [-0.4, -0.2) is 30.3 Å². The van der Waals surface area contributed by atoms with Crippen LogP contribution in [0.1, 0.15) is 110 Å². The molecule has 0 radical (unpaired) electrons. The van der Waals surface area contributed by atoms with Crippen LogP contribution in [0.4, 0.5) is 4.79 Å². The molecule has 0 aromatic heterocycles. The summed E-state index contributed by atoms with van der Waals surface area (Å²) in [6.45, 7) is 6.08. The van der Waals surface area contributed by atoms with Gasteiger partial charge in [0.25, 0.3) is 0 Å². The monoisotopic (exact) mass is 356 g/mol. The summed E-state index contributed by atoms with van der Waals surface area (Å²) >= 11 is 0. The van der Waals surface area contributed by atoms with E-state index in [9.17, 15) is 4.79 Å². The van der Waals surface area contributed by atoms with Gasteiger partial charge in [0.2, 0.25) is 0 Å². The SMILES string of the molecule is CCCCCCCCCCCCCCC(C)NCCCCNC(=O)O. The van der Waals surface area contributed by atoms with E-state index in [1.807, 2.05) is 0 Å². The molecular formula is C21H44N2O2. The number of rotatable bonds is 19. The van der Waals surface area contributed by atoms with Gasteiger partial charge in [0, 0.05) is 12.6 Å². The molecule has 150 valence electrons. The molecule has 0 aliphatic heterocycles. The Morgan fingerprint density at radius 1 is 0.760 bits per heavy atom. The molecule has 0 aliphatic carbocycles. The summed E-state index contributed by atoms with van der Waals surface area (Å²) in [6.07, 6.45) is 19.1. The first-order valence-electron chi connectivity index (χ1n) is 10.9. The number of carbonyl (C=O) groups is 1. The third-order valence-electron chi connectivity index (χ3n) is 4.86. The number of hydrogen-bond donors (Lipinski definition) is 3. The maximum atomic E-state index is 10.3. The van der Waals surface area contributed by atoms with Gasteiger partial charge in [0.1, 0.15) is 0 Å². The van der Waals surface area contributed by atoms with Crippen LogP contribution in [0.3, 0.4) is 0 Å². The van der Waals surface area contributed by atoms with E-state index in [2.05, 4.69) is 24.5 Å². The van der Waals surface area contributed by atoms with Crippen LogP contribution in [0.2, 0.25) is 0 Å². The second-order valence-corrected chi connectivity index (χ2v) is 7.47. The van der Waals surface area contributed by atoms with Gasteiger partial charge in [-0.05, 0) is 32.7 Å². The lowest BCUT2D eigenvalue weighted by Gasteiger charge is -2.13. The molecule has 0 aromatic carbocycles. The Labute approximate surface area is 156 Å². The molecule has 25 heavy (non-hydrogen) atoms. The van der Waals surface area contributed by atoms with Crippen LogP contribution in [0.25, 0.3) is 0 Å². The summed E-state index contributed by atoms with van der Waals surface area (Å²) < 4.78 is 0. The number of unbranched alkanes of at least 4 members (excludes halogenated alkanes) is 12. The first kappa shape index (κ1) is 24.2. The van der Waals surface area contributed by atoms with Crippen molar-refractivity contribution in [3.8, 4) is 0 Å². The van der Waals surface area contributed by atoms with Gasteiger partial charge in [-0.25, -0.2) is 4.79 Å². The van der Waals surface area contributed by atoms with Gasteiger partial charge in [-0.3, -0.25) is 0 Å². The number of hydrogen-bond acceptors (Lipinski definition) is 2. The van der Waals surface area contributed by atoms with Crippen molar-refractivity contribution in [3.63, 3.8) is 0 Å². The molecule has 4 nitrogen and oxygen atoms in total. The van der Waals surface area contributed by atoms with E-state index in [1.54, 1.807) is 0 Å². The van der Waals surface area contributed by atoms with Crippen molar-refractivity contribution in [1.82, 2.24) is 10.6 Å². The van der Waals surface area contributed by atoms with Gasteiger partial charge >= 0.3 is 6.09 Å². The van der Waals surface area contributed by atoms with Crippen molar-refractivity contribution >= 4 is 6.09 Å². The molecule has 1 amide bonds. The van der Waals surface area contributed by atoms with E-state index in [-0.39, 0.29) is 0 Å². The highest BCUT2D eigenvalue weighted by Crippen LogP contribution is 2.12. The molecular weight excluding hydrogens is 312 g/mol. The van der Waals surface area contributed by atoms with Gasteiger partial charge in [-0.2, -0.15) is 0 Å². The van der Waals surface area contributed by atoms with Crippen molar-refractivity contribution < 1.29 is 9.90 Å². The average Bonchev–Trinajstić information content (AvgIpc) is 2.58. The first-order chi connectivity index (χ1) is 12.2. The largest absolute Gasteiger partial charge is 0.465 e. The second-order valence-electron chi connectivity index (χ2n) is 7.47. The molecule has 1 atom stereocenters. The Balaban J connectivity index is 3.14. The summed E-state index contributed by atoms with van der Waals surface area (Å²) in [5.41, 5.74) is 0. The van der Waals surface area contributed by atoms with Crippen LogP contribution in [0.5, 0.6) is 0 Å². The highest BCUT2D eigenvalue weighted by Gasteiger charge is 2.01. The van der Waals surface area contributed by atoms with E-state index in [4.69, 9.17) is 5.11 Å². The van der Waals surface area contributed by atoms with Crippen molar-refractivity contribution in [2.45, 2.75) is 116 Å². The van der Waals surface area contributed by atoms with Crippen molar-refractivity contribution in [2.75, 3.05) is 13.1 Å². The third kappa shape index (κ3) is 21.2. The molecule has 0 spiro atoms. The molecule has 0 saturated heterocycles. The second kappa shape index (κ2) is 19.6. The maximum absolute atomic E-state index is 10.3. The van der Waals surface area contributed by atoms with Crippen LogP contribution in [-0.2, 0) is 0 Å². The zero-order chi connectivity index (χ0) is 18.6. The zero-order valence-corrected chi connectivity index (χ0v) is 17.0. The summed E-state index contributed by atoms with van der Waals surface area (Å²) in [5, 5.41) is 14.4. The lowest BCUT2D eigenvalue weighted by Crippen LogP contribution is -2.28. The summed E-state index contributed by atoms with van der Waals surface area (Å²) in [7, 11) is 0. The summed E-state index contributed by atoms with van der Waals surface area (Å²) in [6, 6.07) is 0.579. The fraction of sp³-hybridized carbons (Fsp3) is 0.952. The molecule has 0 heterocycles. The zero-order valence-electron chi connectivity index (χ0n) is 17.0. The minimum atomic E-state index is -0.923. The van der Waals surface area contributed by atoms with E-state index >= 15 is 0 Å². The Hall–Kier alpha value is -0.770. The fourth-order valence-corrected chi connectivity index (χ4v) is 3.19. The van der Waals surface area contributed by atoms with Crippen LogP contribution < -0.4 is 10.6 Å². The molecule has 0 aromatic rings. The van der Waals surface area contributed by atoms with Gasteiger partial charge in [0.15, 0.2) is 0 Å². The minimum absolute atomic E-state index is 0.560. The number of nitrogens with one attached hydrogen (secondary N) is 2. The topological polar surface area (TPSA) is 61.4 Å². The lowest BCUT2D eigenvalue weighted by molar-refractivity contribution is 0.194. The van der Waals surface area contributed by atoms with Gasteiger partial charge in [-0.15, -0.1) is 0 Å². The van der Waals surface area contributed by atoms with Gasteiger partial charge in [-0.1, -0.05) is 84.0 Å². The third-order valence-corrected chi connectivity index (χ3v) is 4.86. The number of amides is 1. The van der Waals surface area contributed by atoms with Crippen LogP contribution in [0.15, 0.2) is 0 Å². The van der Waals surface area contributed by atoms with Gasteiger partial charge < -0.3 is 15.7 Å². The molecule has 0 fully saturated rings. The number of carboxylic acid groups (broad SMARTS) is 1. The smallest absolute Gasteiger partial charge is 0.404 e. The van der Waals surface area contributed by atoms with E-state index < -0.39 is 6.09 Å². The first-order valence-corrected chi connectivity index (χ1v) is 10.9. The van der Waals surface area contributed by atoms with Crippen LogP contribution in [0, 0.1) is 0 Å². The van der Waals surface area contributed by atoms with Crippen molar-refractivity contribution in [1.29, 1.82) is 0 Å². The van der Waals surface area contributed by atoms with Crippen molar-refractivity contribution in [3.05, 3.63) is 0 Å². The highest BCUT2D eigenvalue weighted by atomic mass is 16.4. The Kier molecular flexibility index (Phi) is 19.0. The molecule has 1 unspecified atom stereocenters. The Morgan fingerprint density at radius 2 is 1.24 bits per heavy atom. The molecule has 0 rings (SSSR count). The predicted molar refractivity (Wildman–Crippen MR) is 108 cm³/mol. The summed E-state index contributed by atoms with van der Waals surface area (Å²) in [5.74, 6) is 0. The Bertz CT molecular complexity index is 285.